The van der Waals surface area contributed by atoms with E-state index >= 15 is 0 Å². The molecule has 1 atom stereocenters. The molecular weight excluding hydrogens is 657 g/mol. The van der Waals surface area contributed by atoms with Gasteiger partial charge in [0.1, 0.15) is 17.1 Å². The van der Waals surface area contributed by atoms with Crippen molar-refractivity contribution in [1.82, 2.24) is 19.8 Å². The molecule has 2 aliphatic carbocycles. The highest BCUT2D eigenvalue weighted by molar-refractivity contribution is 5.87. The van der Waals surface area contributed by atoms with Crippen LogP contribution < -0.4 is 9.47 Å². The van der Waals surface area contributed by atoms with Crippen LogP contribution in [0.15, 0.2) is 54.4 Å². The van der Waals surface area contributed by atoms with Crippen LogP contribution in [0, 0.1) is 33.6 Å². The largest absolute Gasteiger partial charge is 0.496 e. The Labute approximate surface area is 317 Å². The molecule has 1 unspecified atom stereocenters. The summed E-state index contributed by atoms with van der Waals surface area (Å²) in [6.07, 6.45) is 11.9. The molecule has 4 heterocycles. The number of rotatable bonds is 3. The average molecular weight is 715 g/mol. The second kappa shape index (κ2) is 15.4. The molecule has 0 radical (unpaired) electrons. The molecule has 1 N–H and O–H groups in total. The first kappa shape index (κ1) is 37.3. The van der Waals surface area contributed by atoms with Crippen LogP contribution in [0.5, 0.6) is 11.5 Å². The first-order valence-electron chi connectivity index (χ1n) is 19.6. The van der Waals surface area contributed by atoms with Crippen LogP contribution >= 0.6 is 0 Å². The van der Waals surface area contributed by atoms with Crippen LogP contribution in [-0.2, 0) is 31.3 Å². The zero-order chi connectivity index (χ0) is 37.4. The summed E-state index contributed by atoms with van der Waals surface area (Å²) in [4.78, 5) is 14.5. The fourth-order valence-corrected chi connectivity index (χ4v) is 9.38. The van der Waals surface area contributed by atoms with Crippen molar-refractivity contribution in [1.29, 1.82) is 0 Å². The molecule has 2 aromatic heterocycles. The third-order valence-corrected chi connectivity index (χ3v) is 12.1. The number of methoxy groups -OCH3 is 2. The zero-order valence-electron chi connectivity index (χ0n) is 33.2. The van der Waals surface area contributed by atoms with Gasteiger partial charge in [0.25, 0.3) is 0 Å². The Bertz CT molecular complexity index is 2020. The van der Waals surface area contributed by atoms with E-state index in [0.29, 0.717) is 0 Å². The van der Waals surface area contributed by atoms with Crippen molar-refractivity contribution >= 4 is 5.57 Å². The van der Waals surface area contributed by atoms with Crippen LogP contribution in [0.25, 0.3) is 5.57 Å². The topological polar surface area (TPSA) is 71.0 Å². The lowest BCUT2D eigenvalue weighted by Crippen LogP contribution is -2.44. The minimum Gasteiger partial charge on any atom is -0.496 e. The van der Waals surface area contributed by atoms with Gasteiger partial charge in [0.05, 0.1) is 25.6 Å². The molecular formula is C46H58N4O3. The molecule has 4 aliphatic rings. The van der Waals surface area contributed by atoms with E-state index in [1.165, 1.54) is 61.3 Å². The fraction of sp³-hybridized carbons (Fsp3) is 0.478. The standard InChI is InChI=1S/C23H30N2O2.C23H28N2O/c1-15-11-17-5-6-18-12-16(2)14-24-22(18)23(26,21(17)20(13-15)27-4)19-7-9-25(3)10-8-19;1-15-11-18-5-6-19-12-16(2)14-24-23(19)22(21(18)20(13-15)26-4)17-7-9-25(3)10-8-17/h11-14,19,26H,5-10H2,1-4H3;11-14H,5-10H2,1-4H3. The molecule has 0 bridgehead atoms. The Hall–Kier alpha value is -4.04. The Kier molecular flexibility index (Phi) is 10.8. The van der Waals surface area contributed by atoms with Gasteiger partial charge in [0, 0.05) is 48.1 Å². The summed E-state index contributed by atoms with van der Waals surface area (Å²) in [5.41, 5.74) is 16.0. The normalized spacial score (nSPS) is 20.5. The van der Waals surface area contributed by atoms with Crippen molar-refractivity contribution in [2.45, 2.75) is 84.7 Å². The van der Waals surface area contributed by atoms with E-state index in [-0.39, 0.29) is 5.92 Å². The summed E-state index contributed by atoms with van der Waals surface area (Å²) in [6.45, 7) is 12.7. The third kappa shape index (κ3) is 7.28. The van der Waals surface area contributed by atoms with E-state index < -0.39 is 5.60 Å². The van der Waals surface area contributed by atoms with Gasteiger partial charge in [0.15, 0.2) is 0 Å². The lowest BCUT2D eigenvalue weighted by molar-refractivity contribution is -0.0164. The zero-order valence-corrected chi connectivity index (χ0v) is 33.2. The number of benzene rings is 2. The highest BCUT2D eigenvalue weighted by Gasteiger charge is 2.48. The number of pyridine rings is 2. The van der Waals surface area contributed by atoms with Crippen molar-refractivity contribution in [2.75, 3.05) is 54.5 Å². The summed E-state index contributed by atoms with van der Waals surface area (Å²) in [5, 5.41) is 12.4. The summed E-state index contributed by atoms with van der Waals surface area (Å²) in [6, 6.07) is 13.3. The highest BCUT2D eigenvalue weighted by atomic mass is 16.5. The average Bonchev–Trinajstić information content (AvgIpc) is 3.38. The van der Waals surface area contributed by atoms with Crippen molar-refractivity contribution in [3.63, 3.8) is 0 Å². The first-order valence-corrected chi connectivity index (χ1v) is 19.6. The molecule has 7 heteroatoms. The first-order chi connectivity index (χ1) is 25.5. The van der Waals surface area contributed by atoms with E-state index in [2.05, 4.69) is 88.0 Å². The van der Waals surface area contributed by atoms with Gasteiger partial charge in [-0.15, -0.1) is 0 Å². The fourth-order valence-electron chi connectivity index (χ4n) is 9.38. The van der Waals surface area contributed by atoms with Gasteiger partial charge in [-0.05, 0) is 163 Å². The number of likely N-dealkylation sites (tertiary alicyclic amines) is 2. The molecule has 8 rings (SSSR count). The maximum absolute atomic E-state index is 12.4. The number of ether oxygens (including phenoxy) is 2. The van der Waals surface area contributed by atoms with Gasteiger partial charge in [-0.3, -0.25) is 9.97 Å². The third-order valence-electron chi connectivity index (χ3n) is 12.1. The van der Waals surface area contributed by atoms with Crippen molar-refractivity contribution < 1.29 is 14.6 Å². The molecule has 4 aromatic rings. The van der Waals surface area contributed by atoms with Crippen LogP contribution in [0.2, 0.25) is 0 Å². The summed E-state index contributed by atoms with van der Waals surface area (Å²) in [5.74, 6) is 1.93. The van der Waals surface area contributed by atoms with Crippen molar-refractivity contribution in [3.05, 3.63) is 121 Å². The number of fused-ring (bicyclic) bond motifs is 4. The molecule has 280 valence electrons. The number of hydrogen-bond acceptors (Lipinski definition) is 7. The molecule has 0 amide bonds. The Morgan fingerprint density at radius 1 is 0.623 bits per heavy atom. The molecule has 7 nitrogen and oxygen atoms in total. The number of aromatic nitrogens is 2. The minimum absolute atomic E-state index is 0.135. The van der Waals surface area contributed by atoms with E-state index in [1.54, 1.807) is 14.2 Å². The van der Waals surface area contributed by atoms with E-state index in [4.69, 9.17) is 19.4 Å². The molecule has 0 saturated carbocycles. The second-order valence-corrected chi connectivity index (χ2v) is 16.2. The number of aryl methyl sites for hydroxylation is 8. The van der Waals surface area contributed by atoms with E-state index in [1.807, 2.05) is 12.4 Å². The number of aliphatic hydroxyl groups is 1. The highest BCUT2D eigenvalue weighted by Crippen LogP contribution is 2.49. The molecule has 2 aliphatic heterocycles. The number of piperidine rings is 2. The number of hydrogen-bond donors (Lipinski definition) is 1. The smallest absolute Gasteiger partial charge is 0.138 e. The van der Waals surface area contributed by atoms with Crippen LogP contribution in [-0.4, -0.2) is 79.4 Å². The maximum atomic E-state index is 12.4. The Balaban J connectivity index is 0.000000164. The van der Waals surface area contributed by atoms with E-state index in [9.17, 15) is 5.11 Å². The van der Waals surface area contributed by atoms with Gasteiger partial charge < -0.3 is 24.4 Å². The summed E-state index contributed by atoms with van der Waals surface area (Å²) >= 11 is 0. The lowest BCUT2D eigenvalue weighted by Gasteiger charge is -2.42. The van der Waals surface area contributed by atoms with Crippen molar-refractivity contribution in [3.8, 4) is 11.5 Å². The van der Waals surface area contributed by atoms with Crippen LogP contribution in [0.3, 0.4) is 0 Å². The van der Waals surface area contributed by atoms with Crippen LogP contribution in [0.1, 0.15) is 92.7 Å². The Morgan fingerprint density at radius 3 is 1.83 bits per heavy atom. The summed E-state index contributed by atoms with van der Waals surface area (Å²) in [7, 11) is 7.86. The number of nitrogens with zero attached hydrogens (tertiary/aromatic N) is 4. The molecule has 2 saturated heterocycles. The second-order valence-electron chi connectivity index (χ2n) is 16.2. The van der Waals surface area contributed by atoms with Crippen LogP contribution in [0.4, 0.5) is 0 Å². The van der Waals surface area contributed by atoms with Gasteiger partial charge in [-0.25, -0.2) is 0 Å². The monoisotopic (exact) mass is 714 g/mol. The molecule has 0 spiro atoms. The van der Waals surface area contributed by atoms with Gasteiger partial charge in [-0.1, -0.05) is 29.8 Å². The Morgan fingerprint density at radius 2 is 1.15 bits per heavy atom. The van der Waals surface area contributed by atoms with Gasteiger partial charge >= 0.3 is 0 Å². The molecule has 2 aromatic carbocycles. The van der Waals surface area contributed by atoms with Gasteiger partial charge in [0.2, 0.25) is 0 Å². The maximum Gasteiger partial charge on any atom is 0.138 e. The lowest BCUT2D eigenvalue weighted by atomic mass is 9.72. The SMILES string of the molecule is COc1cc(C)cc2c1C(=C1CCN(C)CC1)c1ncc(C)cc1CC2.COc1cc(C)cc2c1C(O)(C1CCN(C)CC1)c1ncc(C)cc1CC2. The quantitative estimate of drug-likeness (QED) is 0.233. The predicted molar refractivity (Wildman–Crippen MR) is 214 cm³/mol. The van der Waals surface area contributed by atoms with E-state index in [0.717, 1.165) is 106 Å². The van der Waals surface area contributed by atoms with Gasteiger partial charge in [-0.2, -0.15) is 0 Å². The molecule has 53 heavy (non-hydrogen) atoms. The van der Waals surface area contributed by atoms with Crippen molar-refractivity contribution in [2.24, 2.45) is 5.92 Å². The molecule has 2 fully saturated rings. The summed E-state index contributed by atoms with van der Waals surface area (Å²) < 4.78 is 11.7. The minimum atomic E-state index is -1.10. The predicted octanol–water partition coefficient (Wildman–Crippen LogP) is 7.72.